The van der Waals surface area contributed by atoms with Crippen LogP contribution in [0, 0.1) is 17.5 Å². The van der Waals surface area contributed by atoms with Gasteiger partial charge in [-0.05, 0) is 12.8 Å². The average Bonchev–Trinajstić information content (AvgIpc) is 3.20. The minimum Gasteiger partial charge on any atom is -0.477 e. The lowest BCUT2D eigenvalue weighted by atomic mass is 10.1. The molecule has 0 aliphatic heterocycles. The molecule has 4 nitrogen and oxygen atoms in total. The second kappa shape index (κ2) is 4.09. The lowest BCUT2D eigenvalue weighted by Crippen LogP contribution is -2.20. The lowest BCUT2D eigenvalue weighted by Gasteiger charge is -2.12. The Labute approximate surface area is 110 Å². The van der Waals surface area contributed by atoms with Crippen LogP contribution in [0.1, 0.15) is 29.2 Å². The molecule has 7 heteroatoms. The third-order valence-corrected chi connectivity index (χ3v) is 3.33. The number of aromatic carboxylic acids is 1. The molecule has 1 aliphatic rings. The maximum absolute atomic E-state index is 13.8. The molecular weight excluding hydrogens is 275 g/mol. The number of carbonyl (C=O) groups is 1. The van der Waals surface area contributed by atoms with Gasteiger partial charge in [0.15, 0.2) is 17.5 Å². The molecule has 1 fully saturated rings. The van der Waals surface area contributed by atoms with Crippen LogP contribution in [-0.2, 0) is 0 Å². The van der Waals surface area contributed by atoms with Crippen molar-refractivity contribution in [1.82, 2.24) is 4.57 Å². The van der Waals surface area contributed by atoms with Crippen LogP contribution in [-0.4, -0.2) is 15.6 Å². The van der Waals surface area contributed by atoms with Crippen LogP contribution >= 0.6 is 0 Å². The number of hydrogen-bond donors (Lipinski definition) is 1. The van der Waals surface area contributed by atoms with E-state index in [1.165, 1.54) is 4.57 Å². The fourth-order valence-corrected chi connectivity index (χ4v) is 2.21. The van der Waals surface area contributed by atoms with Gasteiger partial charge in [0.2, 0.25) is 5.43 Å². The zero-order chi connectivity index (χ0) is 14.6. The zero-order valence-corrected chi connectivity index (χ0v) is 9.99. The summed E-state index contributed by atoms with van der Waals surface area (Å²) in [6.45, 7) is 0. The Balaban J connectivity index is 2.52. The highest BCUT2D eigenvalue weighted by molar-refractivity contribution is 5.92. The summed E-state index contributed by atoms with van der Waals surface area (Å²) in [5.41, 5.74) is -1.94. The van der Waals surface area contributed by atoms with Crippen molar-refractivity contribution in [3.05, 3.63) is 45.5 Å². The second-order valence-electron chi connectivity index (χ2n) is 4.70. The number of nitrogens with zero attached hydrogens (tertiary/aromatic N) is 1. The Morgan fingerprint density at radius 2 is 1.90 bits per heavy atom. The third-order valence-electron chi connectivity index (χ3n) is 3.33. The molecule has 0 saturated heterocycles. The van der Waals surface area contributed by atoms with E-state index < -0.39 is 39.8 Å². The van der Waals surface area contributed by atoms with Crippen molar-refractivity contribution in [1.29, 1.82) is 0 Å². The summed E-state index contributed by atoms with van der Waals surface area (Å²) in [5, 5.41) is 8.24. The third kappa shape index (κ3) is 1.70. The standard InChI is InChI=1S/C13H8F3NO3/c14-7-3-8-9(11(16)10(7)15)12(18)6(13(19)20)4-17(8)5-1-2-5/h3-5H,1-2H2,(H,19,20). The summed E-state index contributed by atoms with van der Waals surface area (Å²) in [4.78, 5) is 22.9. The van der Waals surface area contributed by atoms with E-state index in [4.69, 9.17) is 5.11 Å². The molecule has 2 aromatic rings. The summed E-state index contributed by atoms with van der Waals surface area (Å²) in [6.07, 6.45) is 2.47. The number of hydrogen-bond acceptors (Lipinski definition) is 2. The Kier molecular flexibility index (Phi) is 2.60. The minimum absolute atomic E-state index is 0.125. The minimum atomic E-state index is -1.78. The summed E-state index contributed by atoms with van der Waals surface area (Å²) in [5.74, 6) is -6.37. The van der Waals surface area contributed by atoms with E-state index in [0.29, 0.717) is 12.8 Å². The molecule has 0 atom stereocenters. The maximum atomic E-state index is 13.8. The van der Waals surface area contributed by atoms with Gasteiger partial charge in [-0.1, -0.05) is 0 Å². The number of benzene rings is 1. The monoisotopic (exact) mass is 283 g/mol. The van der Waals surface area contributed by atoms with E-state index in [9.17, 15) is 22.8 Å². The van der Waals surface area contributed by atoms with Crippen LogP contribution in [0.25, 0.3) is 10.9 Å². The maximum Gasteiger partial charge on any atom is 0.341 e. The van der Waals surface area contributed by atoms with Crippen LogP contribution in [0.3, 0.4) is 0 Å². The van der Waals surface area contributed by atoms with Gasteiger partial charge < -0.3 is 9.67 Å². The molecule has 0 bridgehead atoms. The number of fused-ring (bicyclic) bond motifs is 1. The Hall–Kier alpha value is -2.31. The second-order valence-corrected chi connectivity index (χ2v) is 4.70. The summed E-state index contributed by atoms with van der Waals surface area (Å²) in [7, 11) is 0. The predicted octanol–water partition coefficient (Wildman–Crippen LogP) is 2.45. The van der Waals surface area contributed by atoms with E-state index >= 15 is 0 Å². The molecule has 1 saturated carbocycles. The fourth-order valence-electron chi connectivity index (χ4n) is 2.21. The summed E-state index contributed by atoms with van der Waals surface area (Å²) in [6, 6.07) is 0.597. The van der Waals surface area contributed by atoms with Crippen LogP contribution in [0.4, 0.5) is 13.2 Å². The zero-order valence-electron chi connectivity index (χ0n) is 9.99. The number of carboxylic acid groups (broad SMARTS) is 1. The van der Waals surface area contributed by atoms with Crippen molar-refractivity contribution >= 4 is 16.9 Å². The molecule has 0 unspecified atom stereocenters. The number of pyridine rings is 1. The van der Waals surface area contributed by atoms with E-state index in [1.54, 1.807) is 0 Å². The van der Waals surface area contributed by atoms with Gasteiger partial charge in [0.25, 0.3) is 0 Å². The van der Waals surface area contributed by atoms with Crippen LogP contribution in [0.5, 0.6) is 0 Å². The average molecular weight is 283 g/mol. The van der Waals surface area contributed by atoms with Gasteiger partial charge in [-0.15, -0.1) is 0 Å². The van der Waals surface area contributed by atoms with Gasteiger partial charge in [0.1, 0.15) is 5.56 Å². The SMILES string of the molecule is O=C(O)c1cn(C2CC2)c2cc(F)c(F)c(F)c2c1=O. The van der Waals surface area contributed by atoms with Gasteiger partial charge in [-0.2, -0.15) is 0 Å². The van der Waals surface area contributed by atoms with Gasteiger partial charge >= 0.3 is 5.97 Å². The fraction of sp³-hybridized carbons (Fsp3) is 0.231. The summed E-state index contributed by atoms with van der Waals surface area (Å²) >= 11 is 0. The smallest absolute Gasteiger partial charge is 0.341 e. The normalized spacial score (nSPS) is 14.8. The first-order chi connectivity index (χ1) is 9.41. The number of halogens is 3. The molecule has 1 aliphatic carbocycles. The predicted molar refractivity (Wildman–Crippen MR) is 63.3 cm³/mol. The molecule has 1 aromatic carbocycles. The van der Waals surface area contributed by atoms with Gasteiger partial charge in [-0.3, -0.25) is 4.79 Å². The highest BCUT2D eigenvalue weighted by Crippen LogP contribution is 2.37. The van der Waals surface area contributed by atoms with E-state index in [2.05, 4.69) is 0 Å². The van der Waals surface area contributed by atoms with Crippen molar-refractivity contribution in [2.24, 2.45) is 0 Å². The number of rotatable bonds is 2. The van der Waals surface area contributed by atoms with Crippen molar-refractivity contribution in [2.75, 3.05) is 0 Å². The number of aromatic nitrogens is 1. The van der Waals surface area contributed by atoms with Gasteiger partial charge in [0, 0.05) is 18.3 Å². The molecule has 0 spiro atoms. The largest absolute Gasteiger partial charge is 0.477 e. The molecule has 104 valence electrons. The molecular formula is C13H8F3NO3. The highest BCUT2D eigenvalue weighted by Gasteiger charge is 2.29. The van der Waals surface area contributed by atoms with Gasteiger partial charge in [-0.25, -0.2) is 18.0 Å². The van der Waals surface area contributed by atoms with E-state index in [0.717, 1.165) is 12.3 Å². The molecule has 1 aromatic heterocycles. The van der Waals surface area contributed by atoms with Crippen LogP contribution < -0.4 is 5.43 Å². The van der Waals surface area contributed by atoms with E-state index in [-0.39, 0.29) is 11.6 Å². The Bertz CT molecular complexity index is 809. The first-order valence-corrected chi connectivity index (χ1v) is 5.87. The van der Waals surface area contributed by atoms with Crippen LogP contribution in [0.2, 0.25) is 0 Å². The molecule has 0 amide bonds. The van der Waals surface area contributed by atoms with Crippen molar-refractivity contribution < 1.29 is 23.1 Å². The van der Waals surface area contributed by atoms with Crippen molar-refractivity contribution in [3.8, 4) is 0 Å². The Morgan fingerprint density at radius 1 is 1.25 bits per heavy atom. The first kappa shape index (κ1) is 12.7. The molecule has 0 radical (unpaired) electrons. The first-order valence-electron chi connectivity index (χ1n) is 5.87. The molecule has 20 heavy (non-hydrogen) atoms. The quantitative estimate of drug-likeness (QED) is 0.861. The number of carboxylic acids is 1. The lowest BCUT2D eigenvalue weighted by molar-refractivity contribution is 0.0695. The van der Waals surface area contributed by atoms with Gasteiger partial charge in [0.05, 0.1) is 10.9 Å². The topological polar surface area (TPSA) is 59.3 Å². The van der Waals surface area contributed by atoms with Crippen molar-refractivity contribution in [3.63, 3.8) is 0 Å². The van der Waals surface area contributed by atoms with Crippen molar-refractivity contribution in [2.45, 2.75) is 18.9 Å². The molecule has 3 rings (SSSR count). The van der Waals surface area contributed by atoms with Crippen LogP contribution in [0.15, 0.2) is 17.1 Å². The Morgan fingerprint density at radius 3 is 2.45 bits per heavy atom. The summed E-state index contributed by atoms with van der Waals surface area (Å²) < 4.78 is 41.7. The molecule has 1 heterocycles. The van der Waals surface area contributed by atoms with E-state index in [1.807, 2.05) is 0 Å². The molecule has 1 N–H and O–H groups in total. The highest BCUT2D eigenvalue weighted by atomic mass is 19.2.